The second kappa shape index (κ2) is 10.2. The van der Waals surface area contributed by atoms with Crippen molar-refractivity contribution in [3.63, 3.8) is 0 Å². The van der Waals surface area contributed by atoms with Crippen LogP contribution in [-0.2, 0) is 11.3 Å². The molecule has 3 aromatic rings. The average molecular weight is 502 g/mol. The third kappa shape index (κ3) is 5.45. The third-order valence-corrected chi connectivity index (χ3v) is 7.23. The lowest BCUT2D eigenvalue weighted by Gasteiger charge is -2.36. The number of piperidine rings is 1. The maximum atomic E-state index is 13.2. The van der Waals surface area contributed by atoms with Gasteiger partial charge in [0, 0.05) is 31.4 Å². The van der Waals surface area contributed by atoms with Crippen LogP contribution in [0.1, 0.15) is 53.9 Å². The molecule has 0 aliphatic carbocycles. The van der Waals surface area contributed by atoms with E-state index >= 15 is 0 Å². The van der Waals surface area contributed by atoms with Crippen LogP contribution in [0.2, 0.25) is 5.02 Å². The van der Waals surface area contributed by atoms with E-state index < -0.39 is 5.60 Å². The smallest absolute Gasteiger partial charge is 0.273 e. The number of furan rings is 1. The third-order valence-electron chi connectivity index (χ3n) is 5.91. The monoisotopic (exact) mass is 501 g/mol. The molecule has 1 fully saturated rings. The van der Waals surface area contributed by atoms with Gasteiger partial charge in [-0.2, -0.15) is 0 Å². The molecule has 2 aromatic heterocycles. The maximum Gasteiger partial charge on any atom is 0.273 e. The summed E-state index contributed by atoms with van der Waals surface area (Å²) in [5, 5.41) is 3.23. The maximum absolute atomic E-state index is 13.2. The molecule has 180 valence electrons. The van der Waals surface area contributed by atoms with E-state index in [0.29, 0.717) is 36.1 Å². The van der Waals surface area contributed by atoms with Crippen LogP contribution in [0.4, 0.5) is 0 Å². The molecule has 7 nitrogen and oxygen atoms in total. The van der Waals surface area contributed by atoms with Crippen molar-refractivity contribution in [1.29, 1.82) is 0 Å². The number of para-hydroxylation sites is 1. The molecule has 1 aliphatic heterocycles. The minimum Gasteiger partial charge on any atom is -0.476 e. The zero-order chi connectivity index (χ0) is 24.3. The van der Waals surface area contributed by atoms with Crippen LogP contribution in [0, 0.1) is 0 Å². The Kier molecular flexibility index (Phi) is 7.28. The van der Waals surface area contributed by atoms with E-state index in [9.17, 15) is 9.59 Å². The van der Waals surface area contributed by atoms with Crippen LogP contribution in [-0.4, -0.2) is 52.3 Å². The van der Waals surface area contributed by atoms with Gasteiger partial charge in [0.2, 0.25) is 0 Å². The van der Waals surface area contributed by atoms with Crippen molar-refractivity contribution >= 4 is 34.8 Å². The van der Waals surface area contributed by atoms with Gasteiger partial charge in [-0.1, -0.05) is 23.7 Å². The van der Waals surface area contributed by atoms with E-state index in [-0.39, 0.29) is 17.7 Å². The second-order valence-corrected chi connectivity index (χ2v) is 10.2. The van der Waals surface area contributed by atoms with Crippen molar-refractivity contribution in [2.75, 3.05) is 20.1 Å². The van der Waals surface area contributed by atoms with Gasteiger partial charge in [0.15, 0.2) is 5.60 Å². The molecule has 34 heavy (non-hydrogen) atoms. The molecular weight excluding hydrogens is 474 g/mol. The molecule has 9 heteroatoms. The average Bonchev–Trinajstić information content (AvgIpc) is 3.52. The van der Waals surface area contributed by atoms with Gasteiger partial charge in [0.25, 0.3) is 11.8 Å². The summed E-state index contributed by atoms with van der Waals surface area (Å²) in [7, 11) is 1.74. The number of amides is 2. The fourth-order valence-electron chi connectivity index (χ4n) is 4.03. The van der Waals surface area contributed by atoms with Crippen LogP contribution < -0.4 is 4.74 Å². The van der Waals surface area contributed by atoms with Gasteiger partial charge in [-0.15, -0.1) is 11.3 Å². The van der Waals surface area contributed by atoms with Crippen LogP contribution in [0.15, 0.2) is 52.5 Å². The quantitative estimate of drug-likeness (QED) is 0.443. The number of hydrogen-bond acceptors (Lipinski definition) is 6. The molecule has 1 aliphatic rings. The number of hydrogen-bond donors (Lipinski definition) is 0. The Morgan fingerprint density at radius 2 is 1.97 bits per heavy atom. The Balaban J connectivity index is 1.33. The summed E-state index contributed by atoms with van der Waals surface area (Å²) in [4.78, 5) is 34.0. The lowest BCUT2D eigenvalue weighted by atomic mass is 9.96. The number of ether oxygens (including phenoxy) is 1. The zero-order valence-corrected chi connectivity index (χ0v) is 21.1. The van der Waals surface area contributed by atoms with Gasteiger partial charge < -0.3 is 19.0 Å². The molecule has 1 saturated heterocycles. The van der Waals surface area contributed by atoms with E-state index in [2.05, 4.69) is 4.98 Å². The van der Waals surface area contributed by atoms with E-state index in [1.807, 2.05) is 28.5 Å². The standard InChI is InChI=1S/C25H28ClN3O4S/c1-25(2,33-21-9-5-4-8-19(21)26)24(31)29-12-10-17(11-13-29)22-27-20(16-34-22)23(30)28(3)15-18-7-6-14-32-18/h4-9,14,16-17H,10-13,15H2,1-3H3. The summed E-state index contributed by atoms with van der Waals surface area (Å²) in [5.74, 6) is 1.24. The fraction of sp³-hybridized carbons (Fsp3) is 0.400. The molecule has 0 N–H and O–H groups in total. The van der Waals surface area contributed by atoms with E-state index in [4.69, 9.17) is 20.8 Å². The molecule has 0 radical (unpaired) electrons. The Morgan fingerprint density at radius 1 is 1.24 bits per heavy atom. The van der Waals surface area contributed by atoms with Crippen molar-refractivity contribution in [1.82, 2.24) is 14.8 Å². The number of rotatable bonds is 7. The number of halogens is 1. The zero-order valence-electron chi connectivity index (χ0n) is 19.5. The summed E-state index contributed by atoms with van der Waals surface area (Å²) in [6.45, 7) is 5.15. The second-order valence-electron chi connectivity index (χ2n) is 8.92. The first kappa shape index (κ1) is 24.3. The number of carbonyl (C=O) groups excluding carboxylic acids is 2. The first-order valence-corrected chi connectivity index (χ1v) is 12.5. The van der Waals surface area contributed by atoms with Crippen molar-refractivity contribution < 1.29 is 18.7 Å². The van der Waals surface area contributed by atoms with Crippen LogP contribution in [0.5, 0.6) is 5.75 Å². The molecule has 0 spiro atoms. The van der Waals surface area contributed by atoms with Gasteiger partial charge in [0.05, 0.1) is 22.8 Å². The topological polar surface area (TPSA) is 75.9 Å². The summed E-state index contributed by atoms with van der Waals surface area (Å²) < 4.78 is 11.3. The molecule has 2 amide bonds. The Labute approximate surface area is 208 Å². The highest BCUT2D eigenvalue weighted by Crippen LogP contribution is 2.33. The highest BCUT2D eigenvalue weighted by Gasteiger charge is 2.37. The van der Waals surface area contributed by atoms with Crippen LogP contribution in [0.25, 0.3) is 0 Å². The van der Waals surface area contributed by atoms with Crippen LogP contribution >= 0.6 is 22.9 Å². The van der Waals surface area contributed by atoms with Crippen molar-refractivity contribution in [2.24, 2.45) is 0 Å². The van der Waals surface area contributed by atoms with E-state index in [1.54, 1.807) is 50.3 Å². The molecule has 4 rings (SSSR count). The molecule has 0 bridgehead atoms. The Bertz CT molecular complexity index is 1140. The van der Waals surface area contributed by atoms with E-state index in [1.165, 1.54) is 11.3 Å². The van der Waals surface area contributed by atoms with Gasteiger partial charge in [0.1, 0.15) is 17.2 Å². The fourth-order valence-corrected chi connectivity index (χ4v) is 5.17. The lowest BCUT2D eigenvalue weighted by Crippen LogP contribution is -2.51. The largest absolute Gasteiger partial charge is 0.476 e. The molecule has 0 atom stereocenters. The number of nitrogens with zero attached hydrogens (tertiary/aromatic N) is 3. The molecule has 3 heterocycles. The van der Waals surface area contributed by atoms with Gasteiger partial charge in [-0.25, -0.2) is 4.98 Å². The highest BCUT2D eigenvalue weighted by molar-refractivity contribution is 7.09. The van der Waals surface area contributed by atoms with Gasteiger partial charge in [-0.3, -0.25) is 9.59 Å². The molecule has 0 unspecified atom stereocenters. The summed E-state index contributed by atoms with van der Waals surface area (Å²) >= 11 is 7.70. The van der Waals surface area contributed by atoms with Crippen molar-refractivity contribution in [3.8, 4) is 5.75 Å². The number of aromatic nitrogens is 1. The summed E-state index contributed by atoms with van der Waals surface area (Å²) in [5.41, 5.74) is -0.584. The number of benzene rings is 1. The Hall–Kier alpha value is -2.84. The van der Waals surface area contributed by atoms with E-state index in [0.717, 1.165) is 23.6 Å². The first-order valence-electron chi connectivity index (χ1n) is 11.2. The highest BCUT2D eigenvalue weighted by atomic mass is 35.5. The summed E-state index contributed by atoms with van der Waals surface area (Å²) in [6, 6.07) is 10.8. The summed E-state index contributed by atoms with van der Waals surface area (Å²) in [6.07, 6.45) is 3.17. The molecule has 1 aromatic carbocycles. The SMILES string of the molecule is CN(Cc1ccco1)C(=O)c1csc(C2CCN(C(=O)C(C)(C)Oc3ccccc3Cl)CC2)n1. The Morgan fingerprint density at radius 3 is 2.65 bits per heavy atom. The number of thiazole rings is 1. The minimum absolute atomic E-state index is 0.0690. The normalized spacial score (nSPS) is 14.8. The van der Waals surface area contributed by atoms with Crippen LogP contribution in [0.3, 0.4) is 0 Å². The van der Waals surface area contributed by atoms with Gasteiger partial charge >= 0.3 is 0 Å². The van der Waals surface area contributed by atoms with Crippen molar-refractivity contribution in [2.45, 2.75) is 44.8 Å². The number of likely N-dealkylation sites (tertiary alicyclic amines) is 1. The first-order chi connectivity index (χ1) is 16.2. The minimum atomic E-state index is -1.03. The van der Waals surface area contributed by atoms with Crippen molar-refractivity contribution in [3.05, 3.63) is 69.5 Å². The molecule has 0 saturated carbocycles. The predicted molar refractivity (Wildman–Crippen MR) is 131 cm³/mol. The predicted octanol–water partition coefficient (Wildman–Crippen LogP) is 5.23. The van der Waals surface area contributed by atoms with Gasteiger partial charge in [-0.05, 0) is 51.0 Å². The number of carbonyl (C=O) groups is 2. The molecular formula is C25H28ClN3O4S. The lowest BCUT2D eigenvalue weighted by molar-refractivity contribution is -0.146.